The maximum Gasteiger partial charge on any atom is 0.324 e. The summed E-state index contributed by atoms with van der Waals surface area (Å²) in [7, 11) is 3.09. The van der Waals surface area contributed by atoms with Crippen LogP contribution in [0.2, 0.25) is 0 Å². The normalized spacial score (nSPS) is 19.7. The fourth-order valence-electron chi connectivity index (χ4n) is 3.19. The molecular weight excluding hydrogens is 384 g/mol. The highest BCUT2D eigenvalue weighted by Gasteiger charge is 2.30. The predicted octanol–water partition coefficient (Wildman–Crippen LogP) is 1.24. The molecule has 0 aliphatic carbocycles. The van der Waals surface area contributed by atoms with Gasteiger partial charge in [0.25, 0.3) is 0 Å². The van der Waals surface area contributed by atoms with Crippen molar-refractivity contribution in [3.63, 3.8) is 0 Å². The van der Waals surface area contributed by atoms with Crippen molar-refractivity contribution in [2.75, 3.05) is 33.1 Å². The molecule has 9 heteroatoms. The van der Waals surface area contributed by atoms with Gasteiger partial charge in [-0.05, 0) is 43.4 Å². The Morgan fingerprint density at radius 3 is 2.74 bits per heavy atom. The van der Waals surface area contributed by atoms with Crippen LogP contribution < -0.4 is 9.64 Å². The summed E-state index contributed by atoms with van der Waals surface area (Å²) >= 11 is 7.32. The summed E-state index contributed by atoms with van der Waals surface area (Å²) in [5, 5.41) is 4.66. The Labute approximate surface area is 168 Å². The Balaban J connectivity index is 1.83. The number of hydrogen-bond acceptors (Lipinski definition) is 6. The summed E-state index contributed by atoms with van der Waals surface area (Å²) in [6.07, 6.45) is 0. The molecule has 7 nitrogen and oxygen atoms in total. The summed E-state index contributed by atoms with van der Waals surface area (Å²) in [5.41, 5.74) is 0.999. The van der Waals surface area contributed by atoms with Gasteiger partial charge in [0.15, 0.2) is 17.7 Å². The fraction of sp³-hybridized carbons (Fsp3) is 0.500. The molecule has 1 N–H and O–H groups in total. The van der Waals surface area contributed by atoms with Gasteiger partial charge in [0.2, 0.25) is 4.77 Å². The number of nitrogens with zero attached hydrogens (tertiary/aromatic N) is 3. The van der Waals surface area contributed by atoms with Crippen LogP contribution in [0.5, 0.6) is 5.75 Å². The van der Waals surface area contributed by atoms with Gasteiger partial charge < -0.3 is 18.9 Å². The zero-order valence-corrected chi connectivity index (χ0v) is 17.4. The highest BCUT2D eigenvalue weighted by molar-refractivity contribution is 8.00. The van der Waals surface area contributed by atoms with Crippen molar-refractivity contribution < 1.29 is 19.2 Å². The van der Waals surface area contributed by atoms with Crippen LogP contribution in [0.15, 0.2) is 24.3 Å². The first-order valence-corrected chi connectivity index (χ1v) is 10.4. The first-order valence-electron chi connectivity index (χ1n) is 8.92. The predicted molar refractivity (Wildman–Crippen MR) is 108 cm³/mol. The summed E-state index contributed by atoms with van der Waals surface area (Å²) < 4.78 is 14.7. The van der Waals surface area contributed by atoms with Crippen molar-refractivity contribution in [3.8, 4) is 17.1 Å². The van der Waals surface area contributed by atoms with Crippen LogP contribution >= 0.6 is 24.0 Å². The molecule has 1 fully saturated rings. The number of rotatable bonds is 6. The Morgan fingerprint density at radius 2 is 2.11 bits per heavy atom. The van der Waals surface area contributed by atoms with Gasteiger partial charge in [0.1, 0.15) is 12.3 Å². The lowest BCUT2D eigenvalue weighted by Crippen LogP contribution is -3.14. The lowest BCUT2D eigenvalue weighted by atomic mass is 10.2. The van der Waals surface area contributed by atoms with Crippen LogP contribution in [-0.4, -0.2) is 58.6 Å². The minimum atomic E-state index is -0.154. The van der Waals surface area contributed by atoms with Gasteiger partial charge in [0, 0.05) is 17.9 Å². The molecule has 0 saturated carbocycles. The van der Waals surface area contributed by atoms with Crippen LogP contribution in [0.1, 0.15) is 6.92 Å². The Kier molecular flexibility index (Phi) is 6.56. The van der Waals surface area contributed by atoms with Crippen molar-refractivity contribution in [2.24, 2.45) is 0 Å². The van der Waals surface area contributed by atoms with Crippen LogP contribution in [0.25, 0.3) is 11.4 Å². The van der Waals surface area contributed by atoms with Gasteiger partial charge >= 0.3 is 5.97 Å². The fourth-order valence-corrected chi connectivity index (χ4v) is 4.79. The molecule has 146 valence electrons. The molecule has 2 aromatic rings. The van der Waals surface area contributed by atoms with Crippen LogP contribution in [-0.2, 0) is 22.7 Å². The van der Waals surface area contributed by atoms with E-state index in [-0.39, 0.29) is 11.2 Å². The molecule has 1 aromatic heterocycles. The first kappa shape index (κ1) is 19.9. The monoisotopic (exact) mass is 409 g/mol. The average molecular weight is 410 g/mol. The molecule has 3 rings (SSSR count). The number of carbonyl (C=O) groups is 1. The van der Waals surface area contributed by atoms with E-state index in [4.69, 9.17) is 26.8 Å². The van der Waals surface area contributed by atoms with Gasteiger partial charge in [-0.3, -0.25) is 4.79 Å². The molecule has 2 heterocycles. The second kappa shape index (κ2) is 8.90. The SMILES string of the molecule is CCn1c(-c2ccc(OC)cc2)nn(C[NH+]2CCS[C@H](C(=O)OC)C2)c1=S. The molecule has 0 radical (unpaired) electrons. The van der Waals surface area contributed by atoms with Crippen LogP contribution in [0.3, 0.4) is 0 Å². The van der Waals surface area contributed by atoms with Gasteiger partial charge in [-0.1, -0.05) is 0 Å². The minimum Gasteiger partial charge on any atom is -0.497 e. The van der Waals surface area contributed by atoms with Crippen molar-refractivity contribution in [3.05, 3.63) is 29.0 Å². The molecule has 1 aliphatic rings. The third-order valence-corrected chi connectivity index (χ3v) is 6.31. The first-order chi connectivity index (χ1) is 13.1. The van der Waals surface area contributed by atoms with Gasteiger partial charge in [0.05, 0.1) is 20.8 Å². The number of aromatic nitrogens is 3. The third-order valence-electron chi connectivity index (χ3n) is 4.67. The molecule has 0 bridgehead atoms. The number of carbonyl (C=O) groups excluding carboxylic acids is 1. The quantitative estimate of drug-likeness (QED) is 0.572. The molecule has 27 heavy (non-hydrogen) atoms. The highest BCUT2D eigenvalue weighted by Crippen LogP contribution is 2.21. The Bertz CT molecular complexity index is 847. The van der Waals surface area contributed by atoms with Crippen molar-refractivity contribution in [1.29, 1.82) is 0 Å². The number of hydrogen-bond donors (Lipinski definition) is 1. The van der Waals surface area contributed by atoms with Crippen molar-refractivity contribution in [2.45, 2.75) is 25.4 Å². The lowest BCUT2D eigenvalue weighted by Gasteiger charge is -2.27. The standard InChI is InChI=1S/C18H24N4O3S2/c1-4-21-16(13-5-7-14(24-2)8-6-13)19-22(18(21)26)12-20-9-10-27-15(11-20)17(23)25-3/h5-8,15H,4,9-12H2,1-3H3/p+1/t15-/m0/s1. The van der Waals surface area contributed by atoms with E-state index in [1.807, 2.05) is 33.5 Å². The molecular formula is C18H25N4O3S2+. The third kappa shape index (κ3) is 4.36. The number of methoxy groups -OCH3 is 2. The molecule has 0 spiro atoms. The largest absolute Gasteiger partial charge is 0.497 e. The van der Waals surface area contributed by atoms with Crippen LogP contribution in [0.4, 0.5) is 0 Å². The van der Waals surface area contributed by atoms with E-state index in [0.29, 0.717) is 11.4 Å². The van der Waals surface area contributed by atoms with E-state index in [1.165, 1.54) is 12.0 Å². The molecule has 1 aliphatic heterocycles. The minimum absolute atomic E-state index is 0.123. The van der Waals surface area contributed by atoms with E-state index in [0.717, 1.165) is 42.5 Å². The zero-order chi connectivity index (χ0) is 19.4. The van der Waals surface area contributed by atoms with Gasteiger partial charge in [-0.15, -0.1) is 16.9 Å². The van der Waals surface area contributed by atoms with Crippen molar-refractivity contribution >= 4 is 29.9 Å². The second-order valence-electron chi connectivity index (χ2n) is 6.32. The molecule has 1 unspecified atom stereocenters. The number of quaternary nitrogens is 1. The van der Waals surface area contributed by atoms with Gasteiger partial charge in [-0.2, -0.15) is 4.68 Å². The number of thioether (sulfide) groups is 1. The summed E-state index contributed by atoms with van der Waals surface area (Å²) in [5.74, 6) is 2.42. The maximum atomic E-state index is 11.9. The smallest absolute Gasteiger partial charge is 0.324 e. The average Bonchev–Trinajstić information content (AvgIpc) is 3.03. The Hall–Kier alpha value is -1.84. The van der Waals surface area contributed by atoms with Gasteiger partial charge in [-0.25, -0.2) is 0 Å². The zero-order valence-electron chi connectivity index (χ0n) is 15.8. The number of benzene rings is 1. The second-order valence-corrected chi connectivity index (χ2v) is 8.00. The van der Waals surface area contributed by atoms with E-state index in [2.05, 4.69) is 6.92 Å². The van der Waals surface area contributed by atoms with Crippen molar-refractivity contribution in [1.82, 2.24) is 14.3 Å². The van der Waals surface area contributed by atoms with E-state index in [9.17, 15) is 4.79 Å². The topological polar surface area (TPSA) is 62.7 Å². The summed E-state index contributed by atoms with van der Waals surface area (Å²) in [6, 6.07) is 7.82. The number of ether oxygens (including phenoxy) is 2. The summed E-state index contributed by atoms with van der Waals surface area (Å²) in [6.45, 7) is 5.14. The number of nitrogens with one attached hydrogen (secondary N) is 1. The molecule has 1 saturated heterocycles. The molecule has 2 atom stereocenters. The van der Waals surface area contributed by atoms with Crippen LogP contribution in [0, 0.1) is 4.77 Å². The van der Waals surface area contributed by atoms with E-state index >= 15 is 0 Å². The van der Waals surface area contributed by atoms with E-state index in [1.54, 1.807) is 18.9 Å². The number of esters is 1. The maximum absolute atomic E-state index is 11.9. The molecule has 1 aromatic carbocycles. The Morgan fingerprint density at radius 1 is 1.37 bits per heavy atom. The molecule has 0 amide bonds. The lowest BCUT2D eigenvalue weighted by molar-refractivity contribution is -0.921. The highest BCUT2D eigenvalue weighted by atomic mass is 32.2. The summed E-state index contributed by atoms with van der Waals surface area (Å²) in [4.78, 5) is 13.1. The van der Waals surface area contributed by atoms with E-state index < -0.39 is 0 Å².